The molecule has 1 aromatic carbocycles. The van der Waals surface area contributed by atoms with Crippen LogP contribution in [-0.4, -0.2) is 23.1 Å². The van der Waals surface area contributed by atoms with Gasteiger partial charge in [-0.15, -0.1) is 0 Å². The average Bonchev–Trinajstić information content (AvgIpc) is 3.18. The normalized spacial score (nSPS) is 12.7. The van der Waals surface area contributed by atoms with Crippen LogP contribution in [0.15, 0.2) is 58.3 Å². The van der Waals surface area contributed by atoms with E-state index in [4.69, 9.17) is 0 Å². The first-order chi connectivity index (χ1) is 13.3. The SMILES string of the molecule is C=C(C)Cn1c(=O)c2c(nc3n([C@H](C)c4ccccc4)c(C)cn23)n(C)c1=O. The quantitative estimate of drug-likeness (QED) is 0.514. The highest BCUT2D eigenvalue weighted by Crippen LogP contribution is 2.25. The molecule has 0 saturated heterocycles. The van der Waals surface area contributed by atoms with Gasteiger partial charge in [0.1, 0.15) is 0 Å². The molecule has 0 fully saturated rings. The van der Waals surface area contributed by atoms with E-state index < -0.39 is 0 Å². The van der Waals surface area contributed by atoms with Gasteiger partial charge in [0.05, 0.1) is 12.6 Å². The van der Waals surface area contributed by atoms with Crippen molar-refractivity contribution in [3.05, 3.63) is 80.8 Å². The largest absolute Gasteiger partial charge is 0.332 e. The number of benzene rings is 1. The Kier molecular flexibility index (Phi) is 4.10. The van der Waals surface area contributed by atoms with E-state index in [1.165, 1.54) is 9.13 Å². The Morgan fingerprint density at radius 2 is 1.89 bits per heavy atom. The van der Waals surface area contributed by atoms with Gasteiger partial charge in [0.2, 0.25) is 5.78 Å². The minimum Gasteiger partial charge on any atom is -0.307 e. The molecule has 7 nitrogen and oxygen atoms in total. The standard InChI is InChI=1S/C21H23N5O2/c1-13(2)11-25-19(27)17-18(23(5)21(25)28)22-20-24(17)12-14(3)26(20)15(4)16-9-7-6-8-10-16/h6-10,12,15H,1,11H2,2-5H3/t15-/m1/s1. The van der Waals surface area contributed by atoms with Crippen molar-refractivity contribution in [2.24, 2.45) is 7.05 Å². The Morgan fingerprint density at radius 3 is 2.54 bits per heavy atom. The second-order valence-electron chi connectivity index (χ2n) is 7.37. The van der Waals surface area contributed by atoms with Gasteiger partial charge in [0.15, 0.2) is 11.2 Å². The van der Waals surface area contributed by atoms with Gasteiger partial charge < -0.3 is 4.57 Å². The van der Waals surface area contributed by atoms with Crippen molar-refractivity contribution in [3.63, 3.8) is 0 Å². The van der Waals surface area contributed by atoms with Crippen molar-refractivity contribution >= 4 is 16.9 Å². The van der Waals surface area contributed by atoms with E-state index in [1.807, 2.05) is 31.3 Å². The molecule has 0 aliphatic carbocycles. The fourth-order valence-electron chi connectivity index (χ4n) is 3.80. The van der Waals surface area contributed by atoms with Crippen LogP contribution in [0.3, 0.4) is 0 Å². The summed E-state index contributed by atoms with van der Waals surface area (Å²) in [5.41, 5.74) is 2.92. The lowest BCUT2D eigenvalue weighted by molar-refractivity contribution is 0.638. The van der Waals surface area contributed by atoms with Gasteiger partial charge in [-0.3, -0.25) is 18.3 Å². The molecule has 3 aromatic heterocycles. The van der Waals surface area contributed by atoms with Crippen molar-refractivity contribution < 1.29 is 0 Å². The van der Waals surface area contributed by atoms with Crippen LogP contribution < -0.4 is 11.2 Å². The lowest BCUT2D eigenvalue weighted by Gasteiger charge is -2.16. The smallest absolute Gasteiger partial charge is 0.307 e. The average molecular weight is 377 g/mol. The van der Waals surface area contributed by atoms with Crippen LogP contribution in [-0.2, 0) is 13.6 Å². The number of rotatable bonds is 4. The molecule has 7 heteroatoms. The van der Waals surface area contributed by atoms with Crippen LogP contribution in [0.2, 0.25) is 0 Å². The number of hydrogen-bond acceptors (Lipinski definition) is 3. The van der Waals surface area contributed by atoms with Crippen molar-refractivity contribution in [1.82, 2.24) is 23.1 Å². The summed E-state index contributed by atoms with van der Waals surface area (Å²) in [7, 11) is 1.64. The van der Waals surface area contributed by atoms with Crippen LogP contribution in [0.25, 0.3) is 16.9 Å². The molecule has 144 valence electrons. The minimum absolute atomic E-state index is 0.0326. The summed E-state index contributed by atoms with van der Waals surface area (Å²) in [6.07, 6.45) is 1.90. The molecule has 0 aliphatic rings. The molecule has 1 atom stereocenters. The number of nitrogens with zero attached hydrogens (tertiary/aromatic N) is 5. The van der Waals surface area contributed by atoms with Crippen LogP contribution >= 0.6 is 0 Å². The Balaban J connectivity index is 2.06. The molecule has 0 amide bonds. The first-order valence-electron chi connectivity index (χ1n) is 9.20. The number of fused-ring (bicyclic) bond motifs is 3. The molecule has 4 rings (SSSR count). The maximum absolute atomic E-state index is 13.1. The van der Waals surface area contributed by atoms with Gasteiger partial charge in [-0.05, 0) is 26.3 Å². The molecule has 0 radical (unpaired) electrons. The first-order valence-corrected chi connectivity index (χ1v) is 9.20. The predicted octanol–water partition coefficient (Wildman–Crippen LogP) is 2.64. The third-order valence-corrected chi connectivity index (χ3v) is 5.17. The summed E-state index contributed by atoms with van der Waals surface area (Å²) in [6, 6.07) is 10.2. The topological polar surface area (TPSA) is 66.2 Å². The Labute approximate surface area is 161 Å². The summed E-state index contributed by atoms with van der Waals surface area (Å²) < 4.78 is 6.52. The first kappa shape index (κ1) is 18.0. The van der Waals surface area contributed by atoms with Gasteiger partial charge in [0, 0.05) is 18.9 Å². The Bertz CT molecular complexity index is 1330. The molecule has 0 spiro atoms. The van der Waals surface area contributed by atoms with E-state index in [0.717, 1.165) is 16.8 Å². The van der Waals surface area contributed by atoms with E-state index in [-0.39, 0.29) is 23.8 Å². The summed E-state index contributed by atoms with van der Waals surface area (Å²) in [5, 5.41) is 0. The van der Waals surface area contributed by atoms with E-state index in [2.05, 4.69) is 35.2 Å². The number of hydrogen-bond donors (Lipinski definition) is 0. The van der Waals surface area contributed by atoms with Gasteiger partial charge in [-0.25, -0.2) is 4.79 Å². The van der Waals surface area contributed by atoms with E-state index in [1.54, 1.807) is 18.4 Å². The van der Waals surface area contributed by atoms with Crippen molar-refractivity contribution in [3.8, 4) is 0 Å². The number of imidazole rings is 2. The van der Waals surface area contributed by atoms with Crippen molar-refractivity contribution in [2.45, 2.75) is 33.4 Å². The molecule has 0 N–H and O–H groups in total. The van der Waals surface area contributed by atoms with Crippen LogP contribution in [0, 0.1) is 6.92 Å². The van der Waals surface area contributed by atoms with E-state index in [9.17, 15) is 9.59 Å². The second-order valence-corrected chi connectivity index (χ2v) is 7.37. The number of aryl methyl sites for hydroxylation is 2. The molecule has 4 aromatic rings. The summed E-state index contributed by atoms with van der Waals surface area (Å²) in [5.74, 6) is 0.643. The highest BCUT2D eigenvalue weighted by Gasteiger charge is 2.22. The van der Waals surface area contributed by atoms with Crippen LogP contribution in [0.1, 0.15) is 31.1 Å². The maximum atomic E-state index is 13.1. The van der Waals surface area contributed by atoms with Crippen molar-refractivity contribution in [1.29, 1.82) is 0 Å². The van der Waals surface area contributed by atoms with Crippen LogP contribution in [0.5, 0.6) is 0 Å². The molecule has 3 heterocycles. The van der Waals surface area contributed by atoms with Gasteiger partial charge in [-0.1, -0.05) is 42.5 Å². The molecule has 0 unspecified atom stereocenters. The number of allylic oxidation sites excluding steroid dienone is 1. The van der Waals surface area contributed by atoms with E-state index >= 15 is 0 Å². The summed E-state index contributed by atoms with van der Waals surface area (Å²) in [6.45, 7) is 9.91. The second kappa shape index (κ2) is 6.37. The predicted molar refractivity (Wildman–Crippen MR) is 110 cm³/mol. The zero-order chi connectivity index (χ0) is 20.2. The summed E-state index contributed by atoms with van der Waals surface area (Å²) in [4.78, 5) is 30.5. The fourth-order valence-corrected chi connectivity index (χ4v) is 3.80. The third-order valence-electron chi connectivity index (χ3n) is 5.17. The van der Waals surface area contributed by atoms with Crippen LogP contribution in [0.4, 0.5) is 0 Å². The molecule has 0 bridgehead atoms. The number of aromatic nitrogens is 5. The monoisotopic (exact) mass is 377 g/mol. The Hall–Kier alpha value is -3.35. The minimum atomic E-state index is -0.388. The van der Waals surface area contributed by atoms with Gasteiger partial charge >= 0.3 is 5.69 Å². The zero-order valence-electron chi connectivity index (χ0n) is 16.5. The van der Waals surface area contributed by atoms with Gasteiger partial charge in [-0.2, -0.15) is 4.98 Å². The fraction of sp³-hybridized carbons (Fsp3) is 0.286. The highest BCUT2D eigenvalue weighted by molar-refractivity contribution is 5.75. The maximum Gasteiger partial charge on any atom is 0.332 e. The molecular formula is C21H23N5O2. The van der Waals surface area contributed by atoms with Gasteiger partial charge in [0.25, 0.3) is 5.56 Å². The zero-order valence-corrected chi connectivity index (χ0v) is 16.5. The third kappa shape index (κ3) is 2.54. The Morgan fingerprint density at radius 1 is 1.21 bits per heavy atom. The van der Waals surface area contributed by atoms with Crippen molar-refractivity contribution in [2.75, 3.05) is 0 Å². The summed E-state index contributed by atoms with van der Waals surface area (Å²) >= 11 is 0. The molecule has 28 heavy (non-hydrogen) atoms. The molecule has 0 aliphatic heterocycles. The molecular weight excluding hydrogens is 354 g/mol. The lowest BCUT2D eigenvalue weighted by atomic mass is 10.1. The van der Waals surface area contributed by atoms with E-state index in [0.29, 0.717) is 16.9 Å². The molecule has 0 saturated carbocycles. The highest BCUT2D eigenvalue weighted by atomic mass is 16.2. The lowest BCUT2D eigenvalue weighted by Crippen LogP contribution is -2.39.